The number of sulfonamides is 1. The zero-order valence-corrected chi connectivity index (χ0v) is 16.8. The number of carbonyl (C=O) groups excluding carboxylic acids is 3. The molecule has 2 atom stereocenters. The Morgan fingerprint density at radius 3 is 2.61 bits per heavy atom. The van der Waals surface area contributed by atoms with E-state index in [0.29, 0.717) is 5.56 Å². The Bertz CT molecular complexity index is 829. The Balaban J connectivity index is 2.22. The summed E-state index contributed by atoms with van der Waals surface area (Å²) in [6.07, 6.45) is 4.28. The number of pyridine rings is 1. The topological polar surface area (TPSA) is 126 Å². The van der Waals surface area contributed by atoms with Gasteiger partial charge in [0.2, 0.25) is 21.8 Å². The van der Waals surface area contributed by atoms with E-state index < -0.39 is 34.0 Å². The minimum absolute atomic E-state index is 0.00198. The number of hydrogen-bond acceptors (Lipinski definition) is 7. The van der Waals surface area contributed by atoms with Gasteiger partial charge in [-0.05, 0) is 11.6 Å². The van der Waals surface area contributed by atoms with Gasteiger partial charge in [0.05, 0.1) is 13.4 Å². The van der Waals surface area contributed by atoms with Crippen LogP contribution in [-0.2, 0) is 35.6 Å². The van der Waals surface area contributed by atoms with E-state index in [0.717, 1.165) is 10.6 Å². The van der Waals surface area contributed by atoms with Crippen molar-refractivity contribution in [3.8, 4) is 0 Å². The first-order valence-electron chi connectivity index (χ1n) is 8.63. The summed E-state index contributed by atoms with van der Waals surface area (Å²) in [5, 5.41) is 2.56. The molecular formula is C17H24N4O6S. The van der Waals surface area contributed by atoms with Crippen molar-refractivity contribution < 1.29 is 27.5 Å². The Labute approximate surface area is 163 Å². The van der Waals surface area contributed by atoms with Crippen molar-refractivity contribution in [2.75, 3.05) is 33.0 Å². The van der Waals surface area contributed by atoms with Gasteiger partial charge in [-0.3, -0.25) is 14.6 Å². The number of ether oxygens (including phenoxy) is 1. The van der Waals surface area contributed by atoms with Crippen molar-refractivity contribution in [3.63, 3.8) is 0 Å². The van der Waals surface area contributed by atoms with Gasteiger partial charge in [-0.2, -0.15) is 4.31 Å². The van der Waals surface area contributed by atoms with Crippen LogP contribution in [0.4, 0.5) is 0 Å². The molecule has 2 rings (SSSR count). The van der Waals surface area contributed by atoms with E-state index in [-0.39, 0.29) is 32.0 Å². The van der Waals surface area contributed by atoms with Gasteiger partial charge < -0.3 is 15.0 Å². The van der Waals surface area contributed by atoms with Gasteiger partial charge in [0, 0.05) is 45.4 Å². The number of nitrogens with one attached hydrogen (secondary N) is 1. The van der Waals surface area contributed by atoms with Gasteiger partial charge in [-0.1, -0.05) is 6.07 Å². The standard InChI is InChI=1S/C17H24N4O6S/c1-12(22)20-7-8-21(28(3,25)26)15(11-20)16(23)19-14(17(24)27-2)9-13-5-4-6-18-10-13/h4-6,10,14-15H,7-9,11H2,1-3H3,(H,19,23). The molecule has 11 heteroatoms. The summed E-state index contributed by atoms with van der Waals surface area (Å²) in [6, 6.07) is 1.29. The van der Waals surface area contributed by atoms with E-state index >= 15 is 0 Å². The van der Waals surface area contributed by atoms with Crippen LogP contribution < -0.4 is 5.32 Å². The lowest BCUT2D eigenvalue weighted by Crippen LogP contribution is -2.62. The van der Waals surface area contributed by atoms with E-state index in [1.165, 1.54) is 18.9 Å². The van der Waals surface area contributed by atoms with Crippen molar-refractivity contribution >= 4 is 27.8 Å². The van der Waals surface area contributed by atoms with Crippen LogP contribution in [0.15, 0.2) is 24.5 Å². The first-order chi connectivity index (χ1) is 13.1. The van der Waals surface area contributed by atoms with Crippen LogP contribution in [0.3, 0.4) is 0 Å². The van der Waals surface area contributed by atoms with E-state index in [4.69, 9.17) is 4.74 Å². The molecule has 0 radical (unpaired) electrons. The van der Waals surface area contributed by atoms with Crippen LogP contribution >= 0.6 is 0 Å². The lowest BCUT2D eigenvalue weighted by atomic mass is 10.1. The van der Waals surface area contributed by atoms with Gasteiger partial charge in [0.1, 0.15) is 12.1 Å². The van der Waals surface area contributed by atoms with Gasteiger partial charge in [-0.25, -0.2) is 13.2 Å². The molecule has 1 saturated heterocycles. The highest BCUT2D eigenvalue weighted by Crippen LogP contribution is 2.15. The molecule has 0 aromatic carbocycles. The lowest BCUT2D eigenvalue weighted by Gasteiger charge is -2.39. The minimum atomic E-state index is -3.68. The second kappa shape index (κ2) is 9.11. The van der Waals surface area contributed by atoms with E-state index in [2.05, 4.69) is 10.3 Å². The van der Waals surface area contributed by atoms with Crippen LogP contribution in [0.2, 0.25) is 0 Å². The molecule has 1 fully saturated rings. The predicted molar refractivity (Wildman–Crippen MR) is 99.5 cm³/mol. The summed E-state index contributed by atoms with van der Waals surface area (Å²) in [7, 11) is -2.48. The number of methoxy groups -OCH3 is 1. The number of aromatic nitrogens is 1. The molecule has 10 nitrogen and oxygen atoms in total. The number of hydrogen-bond donors (Lipinski definition) is 1. The number of carbonyl (C=O) groups is 3. The highest BCUT2D eigenvalue weighted by Gasteiger charge is 2.39. The quantitative estimate of drug-likeness (QED) is 0.580. The summed E-state index contributed by atoms with van der Waals surface area (Å²) in [4.78, 5) is 42.1. The number of nitrogens with zero attached hydrogens (tertiary/aromatic N) is 3. The van der Waals surface area contributed by atoms with Gasteiger partial charge in [0.15, 0.2) is 0 Å². The Hall–Kier alpha value is -2.53. The van der Waals surface area contributed by atoms with Gasteiger partial charge >= 0.3 is 5.97 Å². The van der Waals surface area contributed by atoms with Crippen molar-refractivity contribution in [1.29, 1.82) is 0 Å². The third-order valence-corrected chi connectivity index (χ3v) is 5.76. The predicted octanol–water partition coefficient (Wildman–Crippen LogP) is -1.23. The first-order valence-corrected chi connectivity index (χ1v) is 10.5. The normalized spacial score (nSPS) is 19.0. The molecule has 2 amide bonds. The molecule has 1 aromatic heterocycles. The SMILES string of the molecule is COC(=O)C(Cc1cccnc1)NC(=O)C1CN(C(C)=O)CCN1S(C)(=O)=O. The molecule has 1 aliphatic rings. The molecule has 1 aliphatic heterocycles. The third kappa shape index (κ3) is 5.49. The Morgan fingerprint density at radius 1 is 1.36 bits per heavy atom. The van der Waals surface area contributed by atoms with Crippen LogP contribution in [-0.4, -0.2) is 85.5 Å². The second-order valence-corrected chi connectivity index (χ2v) is 8.44. The minimum Gasteiger partial charge on any atom is -0.467 e. The molecule has 0 saturated carbocycles. The van der Waals surface area contributed by atoms with Crippen LogP contribution in [0.25, 0.3) is 0 Å². The van der Waals surface area contributed by atoms with Crippen LogP contribution in [0, 0.1) is 0 Å². The van der Waals surface area contributed by atoms with Gasteiger partial charge in [0.25, 0.3) is 0 Å². The van der Waals surface area contributed by atoms with Gasteiger partial charge in [-0.15, -0.1) is 0 Å². The van der Waals surface area contributed by atoms with Crippen molar-refractivity contribution in [2.45, 2.75) is 25.4 Å². The zero-order chi connectivity index (χ0) is 20.9. The van der Waals surface area contributed by atoms with E-state index in [1.807, 2.05) is 0 Å². The number of rotatable bonds is 6. The maximum Gasteiger partial charge on any atom is 0.328 e. The summed E-state index contributed by atoms with van der Waals surface area (Å²) >= 11 is 0. The zero-order valence-electron chi connectivity index (χ0n) is 16.0. The maximum absolute atomic E-state index is 12.9. The molecule has 0 aliphatic carbocycles. The summed E-state index contributed by atoms with van der Waals surface area (Å²) < 4.78 is 30.0. The fourth-order valence-corrected chi connectivity index (χ4v) is 4.06. The van der Waals surface area contributed by atoms with Crippen LogP contribution in [0.5, 0.6) is 0 Å². The second-order valence-electron chi connectivity index (χ2n) is 6.50. The van der Waals surface area contributed by atoms with E-state index in [9.17, 15) is 22.8 Å². The Kier molecular flexibility index (Phi) is 7.08. The van der Waals surface area contributed by atoms with Crippen LogP contribution in [0.1, 0.15) is 12.5 Å². The van der Waals surface area contributed by atoms with Crippen molar-refractivity contribution in [3.05, 3.63) is 30.1 Å². The number of amides is 2. The van der Waals surface area contributed by atoms with E-state index in [1.54, 1.807) is 24.5 Å². The molecule has 154 valence electrons. The fourth-order valence-electron chi connectivity index (χ4n) is 3.02. The average Bonchev–Trinajstić information content (AvgIpc) is 2.66. The molecule has 2 unspecified atom stereocenters. The lowest BCUT2D eigenvalue weighted by molar-refractivity contribution is -0.146. The Morgan fingerprint density at radius 2 is 2.07 bits per heavy atom. The van der Waals surface area contributed by atoms with Crippen molar-refractivity contribution in [2.24, 2.45) is 0 Å². The molecule has 28 heavy (non-hydrogen) atoms. The average molecular weight is 412 g/mol. The third-order valence-electron chi connectivity index (χ3n) is 4.47. The molecule has 2 heterocycles. The first kappa shape index (κ1) is 21.8. The largest absolute Gasteiger partial charge is 0.467 e. The highest BCUT2D eigenvalue weighted by molar-refractivity contribution is 7.88. The summed E-state index contributed by atoms with van der Waals surface area (Å²) in [6.45, 7) is 1.46. The number of esters is 1. The number of piperazine rings is 1. The molecule has 0 bridgehead atoms. The summed E-state index contributed by atoms with van der Waals surface area (Å²) in [5.74, 6) is -1.59. The smallest absolute Gasteiger partial charge is 0.328 e. The summed E-state index contributed by atoms with van der Waals surface area (Å²) in [5.41, 5.74) is 0.701. The highest BCUT2D eigenvalue weighted by atomic mass is 32.2. The molecule has 0 spiro atoms. The molecule has 1 N–H and O–H groups in total. The molecule has 1 aromatic rings. The van der Waals surface area contributed by atoms with Crippen molar-refractivity contribution in [1.82, 2.24) is 19.5 Å². The fraction of sp³-hybridized carbons (Fsp3) is 0.529. The molecular weight excluding hydrogens is 388 g/mol. The maximum atomic E-state index is 12.9. The monoisotopic (exact) mass is 412 g/mol.